The van der Waals surface area contributed by atoms with Gasteiger partial charge in [0.1, 0.15) is 11.9 Å². The van der Waals surface area contributed by atoms with Crippen LogP contribution in [0.3, 0.4) is 0 Å². The summed E-state index contributed by atoms with van der Waals surface area (Å²) in [5.41, 5.74) is 1.35. The van der Waals surface area contributed by atoms with Gasteiger partial charge in [0.2, 0.25) is 0 Å². The first-order valence-corrected chi connectivity index (χ1v) is 8.21. The topological polar surface area (TPSA) is 21.3 Å². The molecule has 1 aliphatic heterocycles. The van der Waals surface area contributed by atoms with E-state index < -0.39 is 0 Å². The van der Waals surface area contributed by atoms with Crippen LogP contribution in [0, 0.1) is 0 Å². The minimum absolute atomic E-state index is 0. The summed E-state index contributed by atoms with van der Waals surface area (Å²) in [6, 6.07) is 16.9. The Kier molecular flexibility index (Phi) is 4.67. The van der Waals surface area contributed by atoms with Gasteiger partial charge in [0.15, 0.2) is 0 Å². The average molecular weight is 332 g/mol. The largest absolute Gasteiger partial charge is 0.485 e. The monoisotopic (exact) mass is 331 g/mol. The maximum absolute atomic E-state index is 6.40. The van der Waals surface area contributed by atoms with Crippen LogP contribution in [0.15, 0.2) is 53.9 Å². The van der Waals surface area contributed by atoms with Gasteiger partial charge in [-0.15, -0.1) is 23.7 Å². The van der Waals surface area contributed by atoms with Gasteiger partial charge < -0.3 is 10.1 Å². The molecule has 0 spiro atoms. The smallest absolute Gasteiger partial charge is 0.128 e. The quantitative estimate of drug-likeness (QED) is 0.718. The number of halogens is 1. The number of rotatable bonds is 2. The molecule has 2 heterocycles. The van der Waals surface area contributed by atoms with Gasteiger partial charge in [-0.25, -0.2) is 0 Å². The Hall–Kier alpha value is -1.55. The lowest BCUT2D eigenvalue weighted by Crippen LogP contribution is -2.14. The number of ether oxygens (including phenoxy) is 1. The van der Waals surface area contributed by atoms with E-state index in [1.807, 2.05) is 11.3 Å². The summed E-state index contributed by atoms with van der Waals surface area (Å²) >= 11 is 1.81. The molecule has 0 fully saturated rings. The molecular formula is C18H18ClNOS. The van der Waals surface area contributed by atoms with Gasteiger partial charge in [0.25, 0.3) is 0 Å². The predicted molar refractivity (Wildman–Crippen MR) is 95.2 cm³/mol. The number of benzene rings is 2. The van der Waals surface area contributed by atoms with Crippen molar-refractivity contribution >= 4 is 34.5 Å². The van der Waals surface area contributed by atoms with Gasteiger partial charge in [-0.05, 0) is 29.4 Å². The molecule has 0 amide bonds. The first-order chi connectivity index (χ1) is 10.4. The molecule has 0 aliphatic carbocycles. The first-order valence-electron chi connectivity index (χ1n) is 7.33. The third kappa shape index (κ3) is 2.84. The zero-order chi connectivity index (χ0) is 14.1. The van der Waals surface area contributed by atoms with Gasteiger partial charge in [-0.1, -0.05) is 36.4 Å². The molecule has 2 nitrogen and oxygen atoms in total. The van der Waals surface area contributed by atoms with E-state index >= 15 is 0 Å². The van der Waals surface area contributed by atoms with Crippen LogP contribution in [0.4, 0.5) is 0 Å². The lowest BCUT2D eigenvalue weighted by molar-refractivity contribution is 0.200. The molecule has 1 N–H and O–H groups in total. The molecular weight excluding hydrogens is 314 g/mol. The summed E-state index contributed by atoms with van der Waals surface area (Å²) in [7, 11) is 0. The van der Waals surface area contributed by atoms with Crippen molar-refractivity contribution in [2.45, 2.75) is 19.1 Å². The summed E-state index contributed by atoms with van der Waals surface area (Å²) in [6.07, 6.45) is 1.15. The van der Waals surface area contributed by atoms with E-state index in [9.17, 15) is 0 Å². The molecule has 3 aromatic rings. The van der Waals surface area contributed by atoms with Crippen molar-refractivity contribution in [3.8, 4) is 5.75 Å². The third-order valence-corrected chi connectivity index (χ3v) is 4.95. The standard InChI is InChI=1S/C18H17NOS.ClH/c1-2-6-14-13(4-1)5-3-7-16(14)20-17-8-10-19-12-18-15(17)9-11-21-18;/h1-7,9,11,17,19H,8,10,12H2;1H. The van der Waals surface area contributed by atoms with E-state index in [4.69, 9.17) is 4.74 Å². The summed E-state index contributed by atoms with van der Waals surface area (Å²) in [6.45, 7) is 1.96. The second kappa shape index (κ2) is 6.69. The molecule has 0 saturated carbocycles. The van der Waals surface area contributed by atoms with Crippen molar-refractivity contribution in [2.24, 2.45) is 0 Å². The lowest BCUT2D eigenvalue weighted by atomic mass is 10.1. The normalized spacial score (nSPS) is 17.4. The first kappa shape index (κ1) is 15.3. The van der Waals surface area contributed by atoms with Gasteiger partial charge in [-0.2, -0.15) is 0 Å². The van der Waals surface area contributed by atoms with Gasteiger partial charge >= 0.3 is 0 Å². The fourth-order valence-corrected chi connectivity index (χ4v) is 3.85. The Morgan fingerprint density at radius 2 is 1.91 bits per heavy atom. The number of hydrogen-bond acceptors (Lipinski definition) is 3. The van der Waals surface area contributed by atoms with Gasteiger partial charge in [-0.3, -0.25) is 0 Å². The fourth-order valence-electron chi connectivity index (χ4n) is 2.95. The number of fused-ring (bicyclic) bond motifs is 2. The highest BCUT2D eigenvalue weighted by atomic mass is 35.5. The fraction of sp³-hybridized carbons (Fsp3) is 0.222. The Labute approximate surface area is 140 Å². The Bertz CT molecular complexity index is 765. The van der Waals surface area contributed by atoms with Gasteiger partial charge in [0.05, 0.1) is 0 Å². The van der Waals surface area contributed by atoms with Crippen molar-refractivity contribution in [3.05, 3.63) is 64.4 Å². The van der Waals surface area contributed by atoms with E-state index in [1.54, 1.807) is 0 Å². The van der Waals surface area contributed by atoms with Crippen molar-refractivity contribution < 1.29 is 4.74 Å². The average Bonchev–Trinajstić information content (AvgIpc) is 2.91. The molecule has 4 heteroatoms. The van der Waals surface area contributed by atoms with E-state index in [-0.39, 0.29) is 18.5 Å². The molecule has 0 saturated heterocycles. The van der Waals surface area contributed by atoms with Crippen molar-refractivity contribution in [1.29, 1.82) is 0 Å². The van der Waals surface area contributed by atoms with Crippen LogP contribution < -0.4 is 10.1 Å². The second-order valence-corrected chi connectivity index (χ2v) is 6.35. The summed E-state index contributed by atoms with van der Waals surface area (Å²) in [5, 5.41) is 8.05. The highest BCUT2D eigenvalue weighted by molar-refractivity contribution is 7.10. The number of hydrogen-bond donors (Lipinski definition) is 1. The molecule has 0 radical (unpaired) electrons. The predicted octanol–water partition coefficient (Wildman–Crippen LogP) is 4.94. The van der Waals surface area contributed by atoms with E-state index in [0.29, 0.717) is 0 Å². The third-order valence-electron chi connectivity index (χ3n) is 4.01. The molecule has 2 aromatic carbocycles. The molecule has 1 aromatic heterocycles. The Balaban J connectivity index is 0.00000144. The van der Waals surface area contributed by atoms with Crippen molar-refractivity contribution in [3.63, 3.8) is 0 Å². The van der Waals surface area contributed by atoms with Crippen LogP contribution in [0.2, 0.25) is 0 Å². The summed E-state index contributed by atoms with van der Waals surface area (Å²) in [4.78, 5) is 1.40. The minimum Gasteiger partial charge on any atom is -0.485 e. The molecule has 0 bridgehead atoms. The highest BCUT2D eigenvalue weighted by Crippen LogP contribution is 2.34. The molecule has 4 rings (SSSR count). The molecule has 22 heavy (non-hydrogen) atoms. The van der Waals surface area contributed by atoms with Crippen LogP contribution in [-0.2, 0) is 6.54 Å². The minimum atomic E-state index is 0. The zero-order valence-corrected chi connectivity index (χ0v) is 13.8. The lowest BCUT2D eigenvalue weighted by Gasteiger charge is -2.19. The van der Waals surface area contributed by atoms with Crippen molar-refractivity contribution in [1.82, 2.24) is 5.32 Å². The number of thiophene rings is 1. The molecule has 1 unspecified atom stereocenters. The van der Waals surface area contributed by atoms with Crippen LogP contribution in [0.1, 0.15) is 23.0 Å². The van der Waals surface area contributed by atoms with Gasteiger partial charge in [0, 0.05) is 28.8 Å². The maximum Gasteiger partial charge on any atom is 0.128 e. The zero-order valence-electron chi connectivity index (χ0n) is 12.1. The van der Waals surface area contributed by atoms with Crippen LogP contribution in [0.5, 0.6) is 5.75 Å². The summed E-state index contributed by atoms with van der Waals surface area (Å²) in [5.74, 6) is 0.983. The second-order valence-electron chi connectivity index (χ2n) is 5.35. The van der Waals surface area contributed by atoms with Crippen LogP contribution >= 0.6 is 23.7 Å². The van der Waals surface area contributed by atoms with Crippen LogP contribution in [-0.4, -0.2) is 6.54 Å². The Morgan fingerprint density at radius 1 is 1.05 bits per heavy atom. The maximum atomic E-state index is 6.40. The highest BCUT2D eigenvalue weighted by Gasteiger charge is 2.21. The molecule has 1 aliphatic rings. The number of nitrogens with one attached hydrogen (secondary N) is 1. The SMILES string of the molecule is Cl.c1ccc2c(OC3CCNCc4sccc43)cccc2c1. The summed E-state index contributed by atoms with van der Waals surface area (Å²) < 4.78 is 6.40. The van der Waals surface area contributed by atoms with Crippen LogP contribution in [0.25, 0.3) is 10.8 Å². The van der Waals surface area contributed by atoms with E-state index in [1.165, 1.54) is 21.2 Å². The molecule has 114 valence electrons. The van der Waals surface area contributed by atoms with E-state index in [0.717, 1.165) is 25.3 Å². The molecule has 1 atom stereocenters. The van der Waals surface area contributed by atoms with E-state index in [2.05, 4.69) is 59.2 Å². The van der Waals surface area contributed by atoms with Crippen molar-refractivity contribution in [2.75, 3.05) is 6.54 Å². The Morgan fingerprint density at radius 3 is 2.86 bits per heavy atom.